The highest BCUT2D eigenvalue weighted by Gasteiger charge is 2.20. The summed E-state index contributed by atoms with van der Waals surface area (Å²) >= 11 is 8.90. The van der Waals surface area contributed by atoms with Gasteiger partial charge in [-0.1, -0.05) is 19.9 Å². The van der Waals surface area contributed by atoms with Crippen molar-refractivity contribution < 1.29 is 4.39 Å². The summed E-state index contributed by atoms with van der Waals surface area (Å²) in [7, 11) is 0. The minimum Gasteiger partial charge on any atom is -0.206 e. The fourth-order valence-corrected chi connectivity index (χ4v) is 2.15. The number of benzene rings is 1. The van der Waals surface area contributed by atoms with E-state index in [9.17, 15) is 4.39 Å². The van der Waals surface area contributed by atoms with Crippen LogP contribution in [-0.4, -0.2) is 5.88 Å². The Labute approximate surface area is 97.6 Å². The Morgan fingerprint density at radius 1 is 1.43 bits per heavy atom. The molecule has 0 saturated carbocycles. The van der Waals surface area contributed by atoms with Crippen molar-refractivity contribution in [3.8, 4) is 0 Å². The highest BCUT2D eigenvalue weighted by Crippen LogP contribution is 2.30. The van der Waals surface area contributed by atoms with Crippen LogP contribution in [0.1, 0.15) is 25.8 Å². The molecule has 0 nitrogen and oxygen atoms in total. The fraction of sp³-hybridized carbons (Fsp3) is 0.455. The third kappa shape index (κ3) is 2.71. The van der Waals surface area contributed by atoms with Crippen molar-refractivity contribution in [1.82, 2.24) is 0 Å². The lowest BCUT2D eigenvalue weighted by Gasteiger charge is -2.24. The van der Waals surface area contributed by atoms with Crippen LogP contribution in [0.25, 0.3) is 0 Å². The summed E-state index contributed by atoms with van der Waals surface area (Å²) in [5, 5.41) is 0. The van der Waals surface area contributed by atoms with Crippen LogP contribution in [0.3, 0.4) is 0 Å². The molecule has 78 valence electrons. The number of halogens is 3. The van der Waals surface area contributed by atoms with Crippen LogP contribution in [0, 0.1) is 5.82 Å². The Morgan fingerprint density at radius 3 is 2.57 bits per heavy atom. The predicted molar refractivity (Wildman–Crippen MR) is 62.5 cm³/mol. The highest BCUT2D eigenvalue weighted by molar-refractivity contribution is 9.10. The lowest BCUT2D eigenvalue weighted by molar-refractivity contribution is 0.506. The SMILES string of the molecule is CC(C)(CCCl)c1ccc(F)c(Br)c1. The Balaban J connectivity index is 3.01. The van der Waals surface area contributed by atoms with Crippen LogP contribution in [0.15, 0.2) is 22.7 Å². The first kappa shape index (κ1) is 12.0. The second kappa shape index (κ2) is 4.63. The second-order valence-electron chi connectivity index (χ2n) is 3.95. The Kier molecular flexibility index (Phi) is 3.96. The van der Waals surface area contributed by atoms with E-state index in [1.807, 2.05) is 12.1 Å². The zero-order chi connectivity index (χ0) is 10.8. The minimum absolute atomic E-state index is 0.00201. The van der Waals surface area contributed by atoms with Crippen LogP contribution in [0.2, 0.25) is 0 Å². The summed E-state index contributed by atoms with van der Waals surface area (Å²) in [6, 6.07) is 5.12. The van der Waals surface area contributed by atoms with Crippen LogP contribution in [-0.2, 0) is 5.41 Å². The van der Waals surface area contributed by atoms with Crippen LogP contribution in [0.4, 0.5) is 4.39 Å². The van der Waals surface area contributed by atoms with E-state index < -0.39 is 0 Å². The standard InChI is InChI=1S/C11H13BrClF/c1-11(2,5-6-13)8-3-4-10(14)9(12)7-8/h3-4,7H,5-6H2,1-2H3. The molecule has 0 N–H and O–H groups in total. The average Bonchev–Trinajstić information content (AvgIpc) is 2.09. The van der Waals surface area contributed by atoms with Crippen LogP contribution >= 0.6 is 27.5 Å². The van der Waals surface area contributed by atoms with Gasteiger partial charge in [-0.3, -0.25) is 0 Å². The van der Waals surface area contributed by atoms with Gasteiger partial charge in [-0.15, -0.1) is 11.6 Å². The van der Waals surface area contributed by atoms with E-state index in [-0.39, 0.29) is 11.2 Å². The van der Waals surface area contributed by atoms with Crippen LogP contribution in [0.5, 0.6) is 0 Å². The zero-order valence-corrected chi connectivity index (χ0v) is 10.6. The van der Waals surface area contributed by atoms with Crippen molar-refractivity contribution in [1.29, 1.82) is 0 Å². The van der Waals surface area contributed by atoms with Crippen molar-refractivity contribution >= 4 is 27.5 Å². The van der Waals surface area contributed by atoms with Crippen molar-refractivity contribution in [2.24, 2.45) is 0 Å². The van der Waals surface area contributed by atoms with E-state index in [1.165, 1.54) is 6.07 Å². The quantitative estimate of drug-likeness (QED) is 0.715. The molecule has 3 heteroatoms. The van der Waals surface area contributed by atoms with Gasteiger partial charge < -0.3 is 0 Å². The van der Waals surface area contributed by atoms with Gasteiger partial charge >= 0.3 is 0 Å². The third-order valence-corrected chi connectivity index (χ3v) is 3.22. The molecular weight excluding hydrogens is 266 g/mol. The lowest BCUT2D eigenvalue weighted by Crippen LogP contribution is -2.17. The van der Waals surface area contributed by atoms with E-state index in [0.717, 1.165) is 12.0 Å². The van der Waals surface area contributed by atoms with Gasteiger partial charge in [0.25, 0.3) is 0 Å². The molecule has 14 heavy (non-hydrogen) atoms. The summed E-state index contributed by atoms with van der Waals surface area (Å²) in [6.45, 7) is 4.21. The van der Waals surface area contributed by atoms with Gasteiger partial charge in [0.2, 0.25) is 0 Å². The summed E-state index contributed by atoms with van der Waals surface area (Å²) in [4.78, 5) is 0. The molecule has 0 spiro atoms. The molecular formula is C11H13BrClF. The van der Waals surface area contributed by atoms with Crippen LogP contribution < -0.4 is 0 Å². The molecule has 0 bridgehead atoms. The first-order valence-electron chi connectivity index (χ1n) is 4.49. The van der Waals surface area contributed by atoms with E-state index in [0.29, 0.717) is 10.4 Å². The molecule has 0 radical (unpaired) electrons. The molecule has 1 aromatic carbocycles. The van der Waals surface area contributed by atoms with Gasteiger partial charge in [0.05, 0.1) is 4.47 Å². The molecule has 1 rings (SSSR count). The van der Waals surface area contributed by atoms with Gasteiger partial charge in [-0.2, -0.15) is 0 Å². The molecule has 0 heterocycles. The van der Waals surface area contributed by atoms with E-state index >= 15 is 0 Å². The molecule has 0 aromatic heterocycles. The molecule has 0 unspecified atom stereocenters. The molecule has 0 aliphatic rings. The van der Waals surface area contributed by atoms with Gasteiger partial charge in [0.15, 0.2) is 0 Å². The third-order valence-electron chi connectivity index (χ3n) is 2.42. The fourth-order valence-electron chi connectivity index (χ4n) is 1.30. The van der Waals surface area contributed by atoms with Crippen molar-refractivity contribution in [2.45, 2.75) is 25.7 Å². The number of hydrogen-bond donors (Lipinski definition) is 0. The van der Waals surface area contributed by atoms with Gasteiger partial charge in [0, 0.05) is 5.88 Å². The zero-order valence-electron chi connectivity index (χ0n) is 8.28. The topological polar surface area (TPSA) is 0 Å². The highest BCUT2D eigenvalue weighted by atomic mass is 79.9. The Hall–Kier alpha value is -0.0800. The Bertz CT molecular complexity index is 323. The largest absolute Gasteiger partial charge is 0.206 e. The normalized spacial score (nSPS) is 11.8. The molecule has 0 aliphatic heterocycles. The maximum absolute atomic E-state index is 13.0. The van der Waals surface area contributed by atoms with E-state index in [4.69, 9.17) is 11.6 Å². The van der Waals surface area contributed by atoms with E-state index in [2.05, 4.69) is 29.8 Å². The smallest absolute Gasteiger partial charge is 0.137 e. The van der Waals surface area contributed by atoms with Gasteiger partial charge in [0.1, 0.15) is 5.82 Å². The van der Waals surface area contributed by atoms with E-state index in [1.54, 1.807) is 0 Å². The minimum atomic E-state index is -0.226. The maximum Gasteiger partial charge on any atom is 0.137 e. The van der Waals surface area contributed by atoms with Crippen molar-refractivity contribution in [3.05, 3.63) is 34.1 Å². The Morgan fingerprint density at radius 2 is 2.07 bits per heavy atom. The monoisotopic (exact) mass is 278 g/mol. The molecule has 1 aromatic rings. The van der Waals surface area contributed by atoms with Crippen molar-refractivity contribution in [2.75, 3.05) is 5.88 Å². The number of rotatable bonds is 3. The molecule has 0 fully saturated rings. The summed E-state index contributed by atoms with van der Waals surface area (Å²) < 4.78 is 13.5. The first-order valence-corrected chi connectivity index (χ1v) is 5.81. The maximum atomic E-state index is 13.0. The lowest BCUT2D eigenvalue weighted by atomic mass is 9.82. The number of hydrogen-bond acceptors (Lipinski definition) is 0. The van der Waals surface area contributed by atoms with Gasteiger partial charge in [-0.05, 0) is 45.5 Å². The number of alkyl halides is 1. The van der Waals surface area contributed by atoms with Gasteiger partial charge in [-0.25, -0.2) is 4.39 Å². The summed E-state index contributed by atoms with van der Waals surface area (Å²) in [5.74, 6) is 0.387. The molecule has 0 atom stereocenters. The van der Waals surface area contributed by atoms with Crippen molar-refractivity contribution in [3.63, 3.8) is 0 Å². The first-order chi connectivity index (χ1) is 6.47. The predicted octanol–water partition coefficient (Wildman–Crippen LogP) is 4.49. The molecule has 0 amide bonds. The summed E-state index contributed by atoms with van der Waals surface area (Å²) in [6.07, 6.45) is 0.882. The molecule has 0 aliphatic carbocycles. The second-order valence-corrected chi connectivity index (χ2v) is 5.18. The molecule has 0 saturated heterocycles. The summed E-state index contributed by atoms with van der Waals surface area (Å²) in [5.41, 5.74) is 1.10. The average molecular weight is 280 g/mol.